The second-order valence-electron chi connectivity index (χ2n) is 13.1. The molecule has 3 heterocycles. The molecule has 7 aromatic carbocycles. The van der Waals surface area contributed by atoms with Gasteiger partial charge in [0.05, 0.1) is 16.6 Å². The zero-order chi connectivity index (χ0) is 35.3. The summed E-state index contributed by atoms with van der Waals surface area (Å²) in [5.74, 6) is 0.734. The number of phenols is 1. The summed E-state index contributed by atoms with van der Waals surface area (Å²) in [6.07, 6.45) is 1.86. The van der Waals surface area contributed by atoms with E-state index in [2.05, 4.69) is 95.6 Å². The van der Waals surface area contributed by atoms with Crippen molar-refractivity contribution in [1.82, 2.24) is 14.5 Å². The van der Waals surface area contributed by atoms with Gasteiger partial charge in [-0.25, -0.2) is 4.98 Å². The van der Waals surface area contributed by atoms with E-state index in [-0.39, 0.29) is 26.8 Å². The molecule has 0 bridgehead atoms. The van der Waals surface area contributed by atoms with Crippen molar-refractivity contribution in [3.05, 3.63) is 182 Å². The summed E-state index contributed by atoms with van der Waals surface area (Å²) in [6, 6.07) is 60.9. The fraction of sp³-hybridized carbons (Fsp3) is 0. The number of hydrogen-bond acceptors (Lipinski definition) is 4. The number of rotatable bonds is 6. The third-order valence-electron chi connectivity index (χ3n) is 9.84. The molecule has 54 heavy (non-hydrogen) atoms. The first kappa shape index (κ1) is 33.3. The minimum Gasteiger partial charge on any atom is -0.507 e. The van der Waals surface area contributed by atoms with Gasteiger partial charge < -0.3 is 9.52 Å². The molecule has 0 aliphatic carbocycles. The Morgan fingerprint density at radius 2 is 1.22 bits per heavy atom. The van der Waals surface area contributed by atoms with Crippen molar-refractivity contribution in [2.75, 3.05) is 0 Å². The Morgan fingerprint density at radius 1 is 0.537 bits per heavy atom. The summed E-state index contributed by atoms with van der Waals surface area (Å²) in [7, 11) is 0. The minimum atomic E-state index is 0. The van der Waals surface area contributed by atoms with Crippen LogP contribution in [0.3, 0.4) is 0 Å². The van der Waals surface area contributed by atoms with Crippen LogP contribution in [0.15, 0.2) is 180 Å². The van der Waals surface area contributed by atoms with Gasteiger partial charge in [-0.2, -0.15) is 0 Å². The molecule has 1 N–H and O–H groups in total. The van der Waals surface area contributed by atoms with Crippen LogP contribution in [0.5, 0.6) is 5.75 Å². The molecule has 0 fully saturated rings. The topological polar surface area (TPSA) is 64.1 Å². The molecule has 5 nitrogen and oxygen atoms in total. The van der Waals surface area contributed by atoms with Gasteiger partial charge in [0.2, 0.25) is 0 Å². The third-order valence-corrected chi connectivity index (χ3v) is 9.84. The van der Waals surface area contributed by atoms with E-state index in [4.69, 9.17) is 14.4 Å². The number of aromatic hydroxyl groups is 1. The summed E-state index contributed by atoms with van der Waals surface area (Å²) in [4.78, 5) is 10.2. The number of pyridine rings is 1. The Morgan fingerprint density at radius 3 is 2.00 bits per heavy atom. The second-order valence-corrected chi connectivity index (χ2v) is 13.1. The van der Waals surface area contributed by atoms with Crippen LogP contribution in [0, 0.1) is 6.07 Å². The summed E-state index contributed by atoms with van der Waals surface area (Å²) >= 11 is 0. The van der Waals surface area contributed by atoms with Gasteiger partial charge in [-0.15, -0.1) is 23.8 Å². The van der Waals surface area contributed by atoms with Crippen molar-refractivity contribution < 1.29 is 30.6 Å². The van der Waals surface area contributed by atoms with E-state index >= 15 is 0 Å². The van der Waals surface area contributed by atoms with E-state index in [1.807, 2.05) is 85.1 Å². The number of phenolic OH excluding ortho intramolecular Hbond substituents is 1. The van der Waals surface area contributed by atoms with Crippen molar-refractivity contribution >= 4 is 33.0 Å². The smallest absolute Gasteiger partial charge is 0.148 e. The first-order valence-electron chi connectivity index (χ1n) is 17.5. The van der Waals surface area contributed by atoms with E-state index in [9.17, 15) is 5.11 Å². The summed E-state index contributed by atoms with van der Waals surface area (Å²) in [5, 5.41) is 13.5. The van der Waals surface area contributed by atoms with E-state index in [1.165, 1.54) is 0 Å². The van der Waals surface area contributed by atoms with Crippen molar-refractivity contribution in [2.45, 2.75) is 0 Å². The molecule has 3 aromatic heterocycles. The standard InChI is InChI=1S/C48H30N3O2.Pt/c52-44-29-40-39-19-10-11-22-45(39)53-46(40)30-41(44)48-50-47-38(20-12-21-43(47)51(48)37-17-8-3-9-18-37)35-25-34(32-15-6-2-7-16-32)26-36(27-35)42-28-33(23-24-49-42)31-13-4-1-5-14-31;/h1-26,28-30,52H;/q-1;. The van der Waals surface area contributed by atoms with Gasteiger partial charge in [-0.3, -0.25) is 9.55 Å². The fourth-order valence-corrected chi connectivity index (χ4v) is 7.31. The number of imidazole rings is 1. The molecule has 0 aliphatic heterocycles. The van der Waals surface area contributed by atoms with Crippen LogP contribution in [-0.4, -0.2) is 19.6 Å². The number of furan rings is 1. The first-order valence-corrected chi connectivity index (χ1v) is 17.5. The average Bonchev–Trinajstić information content (AvgIpc) is 3.79. The molecule has 0 saturated heterocycles. The maximum absolute atomic E-state index is 11.6. The predicted octanol–water partition coefficient (Wildman–Crippen LogP) is 12.2. The largest absolute Gasteiger partial charge is 0.507 e. The molecule has 0 spiro atoms. The van der Waals surface area contributed by atoms with Crippen LogP contribution in [0.1, 0.15) is 0 Å². The van der Waals surface area contributed by atoms with Gasteiger partial charge in [0.15, 0.2) is 0 Å². The maximum Gasteiger partial charge on any atom is 0.148 e. The van der Waals surface area contributed by atoms with E-state index < -0.39 is 0 Å². The average molecular weight is 876 g/mol. The zero-order valence-corrected chi connectivity index (χ0v) is 31.0. The summed E-state index contributed by atoms with van der Waals surface area (Å²) in [5.41, 5.74) is 12.5. The van der Waals surface area contributed by atoms with Crippen LogP contribution in [-0.2, 0) is 21.1 Å². The Hall–Kier alpha value is -6.55. The maximum atomic E-state index is 11.6. The molecule has 10 aromatic rings. The Kier molecular flexibility index (Phi) is 8.49. The SMILES string of the molecule is Oc1cc2c(cc1-c1nc3c(-c4[c-]c(-c5cc(-c6ccccc6)ccn5)cc(-c5ccccc5)c4)cccc3n1-c1ccccc1)oc1ccccc12.[Pt]. The Balaban J connectivity index is 0.00000384. The van der Waals surface area contributed by atoms with Crippen LogP contribution in [0.2, 0.25) is 0 Å². The van der Waals surface area contributed by atoms with Crippen molar-refractivity contribution in [3.8, 4) is 67.5 Å². The van der Waals surface area contributed by atoms with Gasteiger partial charge in [-0.05, 0) is 59.2 Å². The molecule has 6 heteroatoms. The fourth-order valence-electron chi connectivity index (χ4n) is 7.31. The van der Waals surface area contributed by atoms with Crippen molar-refractivity contribution in [2.24, 2.45) is 0 Å². The normalized spacial score (nSPS) is 11.3. The number of aromatic nitrogens is 3. The molecule has 0 unspecified atom stereocenters. The predicted molar refractivity (Wildman–Crippen MR) is 214 cm³/mol. The van der Waals surface area contributed by atoms with E-state index in [0.29, 0.717) is 17.0 Å². The van der Waals surface area contributed by atoms with Gasteiger partial charge in [-0.1, -0.05) is 132 Å². The van der Waals surface area contributed by atoms with Crippen molar-refractivity contribution in [1.29, 1.82) is 0 Å². The van der Waals surface area contributed by atoms with Gasteiger partial charge >= 0.3 is 0 Å². The molecule has 0 saturated carbocycles. The van der Waals surface area contributed by atoms with E-state index in [0.717, 1.165) is 77.7 Å². The Bertz CT molecular complexity index is 2950. The number of para-hydroxylation sites is 3. The molecule has 0 amide bonds. The molecule has 0 atom stereocenters. The zero-order valence-electron chi connectivity index (χ0n) is 28.8. The number of nitrogens with zero attached hydrogens (tertiary/aromatic N) is 3. The van der Waals surface area contributed by atoms with Crippen molar-refractivity contribution in [3.63, 3.8) is 0 Å². The summed E-state index contributed by atoms with van der Waals surface area (Å²) < 4.78 is 8.38. The molecule has 10 rings (SSSR count). The molecular weight excluding hydrogens is 846 g/mol. The molecule has 260 valence electrons. The number of fused-ring (bicyclic) bond motifs is 4. The van der Waals surface area contributed by atoms with Crippen LogP contribution < -0.4 is 0 Å². The van der Waals surface area contributed by atoms with Gasteiger partial charge in [0.25, 0.3) is 0 Å². The summed E-state index contributed by atoms with van der Waals surface area (Å²) in [6.45, 7) is 0. The van der Waals surface area contributed by atoms with Gasteiger partial charge in [0, 0.05) is 49.4 Å². The monoisotopic (exact) mass is 875 g/mol. The van der Waals surface area contributed by atoms with E-state index in [1.54, 1.807) is 6.07 Å². The third kappa shape index (κ3) is 5.80. The number of benzene rings is 7. The molecular formula is C48H30N3O2Pt-. The minimum absolute atomic E-state index is 0. The molecule has 0 aliphatic rings. The molecule has 0 radical (unpaired) electrons. The first-order chi connectivity index (χ1) is 26.2. The van der Waals surface area contributed by atoms with Crippen LogP contribution in [0.25, 0.3) is 94.7 Å². The second kappa shape index (κ2) is 13.8. The quantitative estimate of drug-likeness (QED) is 0.169. The van der Waals surface area contributed by atoms with Crippen LogP contribution in [0.4, 0.5) is 0 Å². The van der Waals surface area contributed by atoms with Crippen LogP contribution >= 0.6 is 0 Å². The number of hydrogen-bond donors (Lipinski definition) is 1. The Labute approximate surface area is 326 Å². The van der Waals surface area contributed by atoms with Gasteiger partial charge in [0.1, 0.15) is 22.7 Å².